The van der Waals surface area contributed by atoms with E-state index in [0.717, 1.165) is 18.3 Å². The van der Waals surface area contributed by atoms with Crippen molar-refractivity contribution in [3.63, 3.8) is 0 Å². The van der Waals surface area contributed by atoms with Gasteiger partial charge in [0.2, 0.25) is 5.89 Å². The molecule has 0 radical (unpaired) electrons. The van der Waals surface area contributed by atoms with Crippen LogP contribution in [0.2, 0.25) is 0 Å². The molecule has 0 bridgehead atoms. The van der Waals surface area contributed by atoms with Gasteiger partial charge in [-0.1, -0.05) is 18.0 Å². The van der Waals surface area contributed by atoms with Crippen molar-refractivity contribution in [1.29, 1.82) is 0 Å². The summed E-state index contributed by atoms with van der Waals surface area (Å²) >= 11 is 0. The summed E-state index contributed by atoms with van der Waals surface area (Å²) in [6.07, 6.45) is 9.05. The van der Waals surface area contributed by atoms with Gasteiger partial charge in [-0.25, -0.2) is 0 Å². The molecule has 21 heavy (non-hydrogen) atoms. The smallest absolute Gasteiger partial charge is 0.229 e. The molecule has 5 heteroatoms. The summed E-state index contributed by atoms with van der Waals surface area (Å²) in [6, 6.07) is 0. The Bertz CT molecular complexity index is 474. The lowest BCUT2D eigenvalue weighted by molar-refractivity contribution is 0.191. The fourth-order valence-corrected chi connectivity index (χ4v) is 4.40. The standard InChI is InChI=1S/C16H26N4O/c1-2-4-13(3-1)15-18-14(19-21-15)11-20-10-7-16(12-20)5-8-17-9-6-16/h13,17H,1-12H2. The van der Waals surface area contributed by atoms with Crippen molar-refractivity contribution in [1.82, 2.24) is 20.4 Å². The maximum atomic E-state index is 5.50. The van der Waals surface area contributed by atoms with Crippen LogP contribution in [0.15, 0.2) is 4.52 Å². The van der Waals surface area contributed by atoms with Crippen LogP contribution in [-0.2, 0) is 6.54 Å². The first-order valence-corrected chi connectivity index (χ1v) is 8.59. The van der Waals surface area contributed by atoms with Crippen LogP contribution in [0, 0.1) is 5.41 Å². The lowest BCUT2D eigenvalue weighted by Crippen LogP contribution is -2.38. The first-order chi connectivity index (χ1) is 10.3. The van der Waals surface area contributed by atoms with Crippen molar-refractivity contribution in [3.05, 3.63) is 11.7 Å². The minimum atomic E-state index is 0.528. The van der Waals surface area contributed by atoms with Crippen LogP contribution in [-0.4, -0.2) is 41.2 Å². The topological polar surface area (TPSA) is 54.2 Å². The van der Waals surface area contributed by atoms with Gasteiger partial charge in [-0.15, -0.1) is 0 Å². The molecule has 0 amide bonds. The van der Waals surface area contributed by atoms with E-state index >= 15 is 0 Å². The fourth-order valence-electron chi connectivity index (χ4n) is 4.40. The summed E-state index contributed by atoms with van der Waals surface area (Å²) in [6.45, 7) is 5.63. The molecule has 1 aromatic rings. The summed E-state index contributed by atoms with van der Waals surface area (Å²) in [4.78, 5) is 7.18. The molecule has 4 rings (SSSR count). The number of aromatic nitrogens is 2. The molecule has 0 aromatic carbocycles. The fraction of sp³-hybridized carbons (Fsp3) is 0.875. The molecule has 3 aliphatic rings. The molecule has 1 N–H and O–H groups in total. The SMILES string of the molecule is C1CCC(c2nc(CN3CCC4(CCNCC4)C3)no2)C1. The zero-order chi connectivity index (χ0) is 14.1. The van der Waals surface area contributed by atoms with Crippen LogP contribution in [0.4, 0.5) is 0 Å². The quantitative estimate of drug-likeness (QED) is 0.925. The molecule has 0 atom stereocenters. The van der Waals surface area contributed by atoms with E-state index in [2.05, 4.69) is 20.4 Å². The summed E-state index contributed by atoms with van der Waals surface area (Å²) in [7, 11) is 0. The summed E-state index contributed by atoms with van der Waals surface area (Å²) < 4.78 is 5.50. The molecule has 0 unspecified atom stereocenters. The third kappa shape index (κ3) is 2.86. The van der Waals surface area contributed by atoms with Crippen molar-refractivity contribution in [2.75, 3.05) is 26.2 Å². The third-order valence-electron chi connectivity index (χ3n) is 5.73. The third-order valence-corrected chi connectivity index (χ3v) is 5.73. The predicted molar refractivity (Wildman–Crippen MR) is 79.9 cm³/mol. The van der Waals surface area contributed by atoms with Crippen LogP contribution in [0.1, 0.15) is 62.6 Å². The number of piperidine rings is 1. The van der Waals surface area contributed by atoms with Crippen molar-refractivity contribution >= 4 is 0 Å². The average Bonchev–Trinajstić information content (AvgIpc) is 3.22. The highest BCUT2D eigenvalue weighted by molar-refractivity contribution is 4.98. The molecule has 1 aliphatic carbocycles. The monoisotopic (exact) mass is 290 g/mol. The van der Waals surface area contributed by atoms with Gasteiger partial charge in [0.1, 0.15) is 0 Å². The minimum absolute atomic E-state index is 0.528. The van der Waals surface area contributed by atoms with Crippen molar-refractivity contribution in [2.45, 2.75) is 57.4 Å². The molecule has 1 spiro atoms. The zero-order valence-electron chi connectivity index (χ0n) is 12.8. The van der Waals surface area contributed by atoms with E-state index in [1.807, 2.05) is 0 Å². The number of nitrogens with zero attached hydrogens (tertiary/aromatic N) is 3. The Hall–Kier alpha value is -0.940. The van der Waals surface area contributed by atoms with E-state index in [0.29, 0.717) is 11.3 Å². The van der Waals surface area contributed by atoms with Crippen LogP contribution < -0.4 is 5.32 Å². The number of hydrogen-bond donors (Lipinski definition) is 1. The normalized spacial score (nSPS) is 26.9. The highest BCUT2D eigenvalue weighted by Gasteiger charge is 2.39. The number of hydrogen-bond acceptors (Lipinski definition) is 5. The van der Waals surface area contributed by atoms with Gasteiger partial charge in [0.05, 0.1) is 6.54 Å². The van der Waals surface area contributed by atoms with Gasteiger partial charge in [-0.2, -0.15) is 4.98 Å². The van der Waals surface area contributed by atoms with Crippen LogP contribution in [0.25, 0.3) is 0 Å². The molecule has 2 saturated heterocycles. The maximum absolute atomic E-state index is 5.50. The Kier molecular flexibility index (Phi) is 3.71. The number of rotatable bonds is 3. The first kappa shape index (κ1) is 13.7. The highest BCUT2D eigenvalue weighted by atomic mass is 16.5. The highest BCUT2D eigenvalue weighted by Crippen LogP contribution is 2.39. The van der Waals surface area contributed by atoms with Crippen LogP contribution in [0.3, 0.4) is 0 Å². The summed E-state index contributed by atoms with van der Waals surface area (Å²) in [5.74, 6) is 2.31. The van der Waals surface area contributed by atoms with Gasteiger partial charge in [-0.3, -0.25) is 4.90 Å². The second kappa shape index (κ2) is 5.69. The van der Waals surface area contributed by atoms with E-state index in [1.165, 1.54) is 71.1 Å². The van der Waals surface area contributed by atoms with Crippen LogP contribution >= 0.6 is 0 Å². The van der Waals surface area contributed by atoms with Gasteiger partial charge in [0.25, 0.3) is 0 Å². The molecule has 1 saturated carbocycles. The molecule has 5 nitrogen and oxygen atoms in total. The first-order valence-electron chi connectivity index (χ1n) is 8.59. The second-order valence-corrected chi connectivity index (χ2v) is 7.24. The largest absolute Gasteiger partial charge is 0.339 e. The van der Waals surface area contributed by atoms with Crippen molar-refractivity contribution < 1.29 is 4.52 Å². The Morgan fingerprint density at radius 1 is 1.19 bits per heavy atom. The average molecular weight is 290 g/mol. The van der Waals surface area contributed by atoms with Gasteiger partial charge in [0.15, 0.2) is 5.82 Å². The van der Waals surface area contributed by atoms with E-state index in [4.69, 9.17) is 4.52 Å². The zero-order valence-corrected chi connectivity index (χ0v) is 12.8. The Labute approximate surface area is 126 Å². The van der Waals surface area contributed by atoms with Crippen molar-refractivity contribution in [2.24, 2.45) is 5.41 Å². The summed E-state index contributed by atoms with van der Waals surface area (Å²) in [5, 5.41) is 7.69. The van der Waals surface area contributed by atoms with E-state index in [9.17, 15) is 0 Å². The van der Waals surface area contributed by atoms with E-state index in [1.54, 1.807) is 0 Å². The Morgan fingerprint density at radius 3 is 2.81 bits per heavy atom. The van der Waals surface area contributed by atoms with Gasteiger partial charge in [0, 0.05) is 12.5 Å². The molecular formula is C16H26N4O. The maximum Gasteiger partial charge on any atom is 0.229 e. The van der Waals surface area contributed by atoms with E-state index < -0.39 is 0 Å². The molecular weight excluding hydrogens is 264 g/mol. The van der Waals surface area contributed by atoms with E-state index in [-0.39, 0.29) is 0 Å². The lowest BCUT2D eigenvalue weighted by atomic mass is 9.78. The molecule has 116 valence electrons. The van der Waals surface area contributed by atoms with Gasteiger partial charge < -0.3 is 9.84 Å². The molecule has 1 aromatic heterocycles. The van der Waals surface area contributed by atoms with Crippen molar-refractivity contribution in [3.8, 4) is 0 Å². The summed E-state index contributed by atoms with van der Waals surface area (Å²) in [5.41, 5.74) is 0.559. The Morgan fingerprint density at radius 2 is 2.00 bits per heavy atom. The minimum Gasteiger partial charge on any atom is -0.339 e. The predicted octanol–water partition coefficient (Wildman–Crippen LogP) is 2.30. The van der Waals surface area contributed by atoms with Gasteiger partial charge in [-0.05, 0) is 57.2 Å². The molecule has 3 heterocycles. The Balaban J connectivity index is 1.36. The molecule has 3 fully saturated rings. The second-order valence-electron chi connectivity index (χ2n) is 7.24. The van der Waals surface area contributed by atoms with Crippen LogP contribution in [0.5, 0.6) is 0 Å². The van der Waals surface area contributed by atoms with Gasteiger partial charge >= 0.3 is 0 Å². The number of likely N-dealkylation sites (tertiary alicyclic amines) is 1. The lowest BCUT2D eigenvalue weighted by Gasteiger charge is -2.33. The number of nitrogens with one attached hydrogen (secondary N) is 1. The molecule has 2 aliphatic heterocycles.